The van der Waals surface area contributed by atoms with Crippen LogP contribution < -0.4 is 5.32 Å². The van der Waals surface area contributed by atoms with Gasteiger partial charge in [-0.2, -0.15) is 0 Å². The number of hydrogen-bond donors (Lipinski definition) is 1. The molecule has 0 heterocycles. The summed E-state index contributed by atoms with van der Waals surface area (Å²) in [4.78, 5) is 21.5. The number of carbonyl (C=O) groups excluding carboxylic acids is 2. The van der Waals surface area contributed by atoms with Gasteiger partial charge in [0.1, 0.15) is 0 Å². The molecule has 4 nitrogen and oxygen atoms in total. The molecule has 0 radical (unpaired) electrons. The lowest BCUT2D eigenvalue weighted by atomic mass is 10.0. The molecule has 1 N–H and O–H groups in total. The average molecular weight is 293 g/mol. The van der Waals surface area contributed by atoms with Gasteiger partial charge >= 0.3 is 5.97 Å². The molecule has 118 valence electrons. The van der Waals surface area contributed by atoms with E-state index in [9.17, 15) is 9.59 Å². The van der Waals surface area contributed by atoms with Crippen molar-refractivity contribution in [1.29, 1.82) is 0 Å². The zero-order chi connectivity index (χ0) is 16.3. The van der Waals surface area contributed by atoms with E-state index in [2.05, 4.69) is 30.0 Å². The molecule has 0 saturated heterocycles. The summed E-state index contributed by atoms with van der Waals surface area (Å²) in [5, 5.41) is 2.66. The van der Waals surface area contributed by atoms with E-state index < -0.39 is 0 Å². The summed E-state index contributed by atoms with van der Waals surface area (Å²) in [7, 11) is 3.05. The van der Waals surface area contributed by atoms with Crippen LogP contribution in [-0.2, 0) is 22.4 Å². The molecule has 0 aliphatic rings. The molecule has 0 bridgehead atoms. The first-order valence-corrected chi connectivity index (χ1v) is 7.43. The Labute approximate surface area is 127 Å². The van der Waals surface area contributed by atoms with Gasteiger partial charge in [0, 0.05) is 19.0 Å². The summed E-state index contributed by atoms with van der Waals surface area (Å²) in [5.41, 5.74) is 3.27. The second-order valence-electron chi connectivity index (χ2n) is 4.65. The monoisotopic (exact) mass is 293 g/mol. The first-order chi connectivity index (χ1) is 10.0. The molecule has 4 heteroatoms. The average Bonchev–Trinajstić information content (AvgIpc) is 2.53. The van der Waals surface area contributed by atoms with Crippen LogP contribution in [-0.4, -0.2) is 26.0 Å². The second-order valence-corrected chi connectivity index (χ2v) is 4.65. The van der Waals surface area contributed by atoms with Crippen molar-refractivity contribution in [3.05, 3.63) is 34.9 Å². The number of amides is 1. The molecule has 21 heavy (non-hydrogen) atoms. The van der Waals surface area contributed by atoms with Crippen LogP contribution in [0.1, 0.15) is 55.1 Å². The summed E-state index contributed by atoms with van der Waals surface area (Å²) in [5.74, 6) is -0.155. The number of nitrogens with one attached hydrogen (secondary N) is 1. The molecular formula is C17H27NO3. The van der Waals surface area contributed by atoms with Crippen LogP contribution in [0.5, 0.6) is 0 Å². The van der Waals surface area contributed by atoms with Gasteiger partial charge in [0.25, 0.3) is 5.91 Å². The van der Waals surface area contributed by atoms with Crippen molar-refractivity contribution < 1.29 is 14.3 Å². The summed E-state index contributed by atoms with van der Waals surface area (Å²) < 4.78 is 4.26. The molecule has 0 atom stereocenters. The van der Waals surface area contributed by atoms with Gasteiger partial charge in [-0.05, 0) is 36.1 Å². The van der Waals surface area contributed by atoms with E-state index in [0.29, 0.717) is 6.42 Å². The highest BCUT2D eigenvalue weighted by atomic mass is 16.5. The number of methoxy groups -OCH3 is 1. The van der Waals surface area contributed by atoms with Crippen LogP contribution in [0.15, 0.2) is 18.2 Å². The van der Waals surface area contributed by atoms with E-state index in [4.69, 9.17) is 0 Å². The maximum absolute atomic E-state index is 11.5. The minimum absolute atomic E-state index is 0.00246. The Morgan fingerprint density at radius 1 is 1.10 bits per heavy atom. The van der Waals surface area contributed by atoms with Crippen LogP contribution in [0, 0.1) is 0 Å². The third-order valence-electron chi connectivity index (χ3n) is 3.01. The molecular weight excluding hydrogens is 266 g/mol. The first kappa shape index (κ1) is 19.2. The first-order valence-electron chi connectivity index (χ1n) is 7.43. The smallest absolute Gasteiger partial charge is 0.305 e. The number of rotatable bonds is 5. The SMILES string of the molecule is CCC(=O)OC.CCCc1cc(CC)cc(C(=O)NC)c1. The minimum atomic E-state index is -0.157. The van der Waals surface area contributed by atoms with Crippen molar-refractivity contribution in [1.82, 2.24) is 5.32 Å². The fraction of sp³-hybridized carbons (Fsp3) is 0.529. The van der Waals surface area contributed by atoms with Crippen LogP contribution >= 0.6 is 0 Å². The van der Waals surface area contributed by atoms with Crippen molar-refractivity contribution in [2.24, 2.45) is 0 Å². The Bertz CT molecular complexity index is 449. The number of aryl methyl sites for hydroxylation is 2. The van der Waals surface area contributed by atoms with Crippen molar-refractivity contribution in [2.45, 2.75) is 46.5 Å². The van der Waals surface area contributed by atoms with Gasteiger partial charge in [-0.15, -0.1) is 0 Å². The normalized spacial score (nSPS) is 9.38. The zero-order valence-electron chi connectivity index (χ0n) is 13.8. The molecule has 0 aromatic heterocycles. The highest BCUT2D eigenvalue weighted by molar-refractivity contribution is 5.94. The fourth-order valence-electron chi connectivity index (χ4n) is 1.82. The maximum atomic E-state index is 11.5. The highest BCUT2D eigenvalue weighted by Gasteiger charge is 2.05. The van der Waals surface area contributed by atoms with E-state index in [1.54, 1.807) is 14.0 Å². The van der Waals surface area contributed by atoms with Crippen molar-refractivity contribution in [3.63, 3.8) is 0 Å². The molecule has 0 saturated carbocycles. The Kier molecular flexibility index (Phi) is 9.94. The fourth-order valence-corrected chi connectivity index (χ4v) is 1.82. The lowest BCUT2D eigenvalue weighted by Crippen LogP contribution is -2.18. The highest BCUT2D eigenvalue weighted by Crippen LogP contribution is 2.13. The molecule has 1 aromatic carbocycles. The van der Waals surface area contributed by atoms with Crippen molar-refractivity contribution in [2.75, 3.05) is 14.2 Å². The van der Waals surface area contributed by atoms with Gasteiger partial charge in [0.15, 0.2) is 0 Å². The van der Waals surface area contributed by atoms with Crippen molar-refractivity contribution >= 4 is 11.9 Å². The molecule has 0 spiro atoms. The number of esters is 1. The van der Waals surface area contributed by atoms with Crippen LogP contribution in [0.2, 0.25) is 0 Å². The Balaban J connectivity index is 0.000000567. The third kappa shape index (κ3) is 7.49. The predicted molar refractivity (Wildman–Crippen MR) is 85.5 cm³/mol. The Morgan fingerprint density at radius 2 is 1.71 bits per heavy atom. The molecule has 1 rings (SSSR count). The molecule has 1 aromatic rings. The topological polar surface area (TPSA) is 55.4 Å². The van der Waals surface area contributed by atoms with Crippen LogP contribution in [0.4, 0.5) is 0 Å². The summed E-state index contributed by atoms with van der Waals surface area (Å²) in [6, 6.07) is 6.15. The molecule has 0 unspecified atom stereocenters. The van der Waals surface area contributed by atoms with Gasteiger partial charge in [0.05, 0.1) is 7.11 Å². The van der Waals surface area contributed by atoms with Crippen molar-refractivity contribution in [3.8, 4) is 0 Å². The van der Waals surface area contributed by atoms with Crippen LogP contribution in [0.3, 0.4) is 0 Å². The Morgan fingerprint density at radius 3 is 2.10 bits per heavy atom. The van der Waals surface area contributed by atoms with E-state index in [-0.39, 0.29) is 11.9 Å². The number of carbonyl (C=O) groups is 2. The number of ether oxygens (including phenoxy) is 1. The van der Waals surface area contributed by atoms with Gasteiger partial charge in [-0.3, -0.25) is 9.59 Å². The van der Waals surface area contributed by atoms with Gasteiger partial charge < -0.3 is 10.1 Å². The predicted octanol–water partition coefficient (Wildman–Crippen LogP) is 3.13. The maximum Gasteiger partial charge on any atom is 0.305 e. The van der Waals surface area contributed by atoms with E-state index in [1.165, 1.54) is 18.2 Å². The third-order valence-corrected chi connectivity index (χ3v) is 3.01. The molecule has 0 aliphatic heterocycles. The van der Waals surface area contributed by atoms with Gasteiger partial charge in [-0.1, -0.05) is 33.3 Å². The summed E-state index contributed by atoms with van der Waals surface area (Å²) in [6.45, 7) is 6.02. The van der Waals surface area contributed by atoms with Gasteiger partial charge in [-0.25, -0.2) is 0 Å². The lowest BCUT2D eigenvalue weighted by molar-refractivity contribution is -0.140. The van der Waals surface area contributed by atoms with Crippen LogP contribution in [0.25, 0.3) is 0 Å². The van der Waals surface area contributed by atoms with E-state index >= 15 is 0 Å². The standard InChI is InChI=1S/C13H19NO.C4H8O2/c1-4-6-11-7-10(5-2)8-12(9-11)13(15)14-3;1-3-4(5)6-2/h7-9H,4-6H2,1-3H3,(H,14,15);3H2,1-2H3. The molecule has 0 fully saturated rings. The van der Waals surface area contributed by atoms with E-state index in [0.717, 1.165) is 24.8 Å². The van der Waals surface area contributed by atoms with Gasteiger partial charge in [0.2, 0.25) is 0 Å². The largest absolute Gasteiger partial charge is 0.469 e. The number of benzene rings is 1. The zero-order valence-corrected chi connectivity index (χ0v) is 13.8. The van der Waals surface area contributed by atoms with E-state index in [1.807, 2.05) is 12.1 Å². The summed E-state index contributed by atoms with van der Waals surface area (Å²) >= 11 is 0. The number of hydrogen-bond acceptors (Lipinski definition) is 3. The second kappa shape index (κ2) is 10.9. The Hall–Kier alpha value is -1.84. The molecule has 0 aliphatic carbocycles. The quantitative estimate of drug-likeness (QED) is 0.849. The summed E-state index contributed by atoms with van der Waals surface area (Å²) in [6.07, 6.45) is 3.59. The molecule has 1 amide bonds. The lowest BCUT2D eigenvalue weighted by Gasteiger charge is -2.07. The minimum Gasteiger partial charge on any atom is -0.469 e.